The highest BCUT2D eigenvalue weighted by atomic mass is 32.1. The van der Waals surface area contributed by atoms with Gasteiger partial charge in [0, 0.05) is 30.8 Å². The summed E-state index contributed by atoms with van der Waals surface area (Å²) in [5, 5.41) is 13.2. The Bertz CT molecular complexity index is 534. The van der Waals surface area contributed by atoms with Crippen LogP contribution in [0.4, 0.5) is 0 Å². The van der Waals surface area contributed by atoms with Crippen LogP contribution >= 0.6 is 11.3 Å². The lowest BCUT2D eigenvalue weighted by atomic mass is 10.3. The third kappa shape index (κ3) is 3.21. The van der Waals surface area contributed by atoms with Crippen LogP contribution in [0.25, 0.3) is 10.6 Å². The van der Waals surface area contributed by atoms with Gasteiger partial charge in [-0.3, -0.25) is 4.79 Å². The molecule has 90 valence electrons. The minimum absolute atomic E-state index is 0.119. The Balaban J connectivity index is 2.10. The molecule has 0 aliphatic carbocycles. The molecule has 0 aliphatic heterocycles. The van der Waals surface area contributed by atoms with E-state index in [2.05, 4.69) is 27.4 Å². The summed E-state index contributed by atoms with van der Waals surface area (Å²) in [6.07, 6.45) is 2.49. The summed E-state index contributed by atoms with van der Waals surface area (Å²) in [6, 6.07) is 3.37. The van der Waals surface area contributed by atoms with Crippen molar-refractivity contribution in [3.63, 3.8) is 0 Å². The van der Waals surface area contributed by atoms with Gasteiger partial charge in [0.15, 0.2) is 0 Å². The van der Waals surface area contributed by atoms with Crippen LogP contribution in [0.5, 0.6) is 0 Å². The van der Waals surface area contributed by atoms with Gasteiger partial charge in [0.05, 0.1) is 0 Å². The molecule has 0 spiro atoms. The van der Waals surface area contributed by atoms with Gasteiger partial charge >= 0.3 is 0 Å². The molecule has 0 aromatic carbocycles. The highest BCUT2D eigenvalue weighted by Gasteiger charge is 2.06. The van der Waals surface area contributed by atoms with Crippen molar-refractivity contribution in [3.8, 4) is 10.6 Å². The Morgan fingerprint density at radius 3 is 3.12 bits per heavy atom. The number of hydrogen-bond acceptors (Lipinski definition) is 5. The monoisotopic (exact) mass is 250 g/mol. The number of aromatic amines is 1. The summed E-state index contributed by atoms with van der Waals surface area (Å²) in [6.45, 7) is 3.93. The smallest absolute Gasteiger partial charge is 0.248 e. The third-order valence-electron chi connectivity index (χ3n) is 2.25. The molecule has 0 saturated carbocycles. The summed E-state index contributed by atoms with van der Waals surface area (Å²) >= 11 is 1.53. The molecule has 0 radical (unpaired) electrons. The number of H-pyrrole nitrogens is 1. The average molecular weight is 250 g/mol. The molecule has 5 nitrogen and oxygen atoms in total. The zero-order chi connectivity index (χ0) is 12.1. The lowest BCUT2D eigenvalue weighted by Crippen LogP contribution is -2.15. The van der Waals surface area contributed by atoms with Crippen molar-refractivity contribution < 1.29 is 0 Å². The van der Waals surface area contributed by atoms with Gasteiger partial charge in [-0.25, -0.2) is 0 Å². The van der Waals surface area contributed by atoms with E-state index in [1.165, 1.54) is 17.4 Å². The molecule has 2 heterocycles. The summed E-state index contributed by atoms with van der Waals surface area (Å²) in [4.78, 5) is 13.8. The van der Waals surface area contributed by atoms with Crippen LogP contribution in [0.1, 0.15) is 11.9 Å². The maximum Gasteiger partial charge on any atom is 0.248 e. The van der Waals surface area contributed by atoms with Crippen molar-refractivity contribution in [2.24, 2.45) is 0 Å². The van der Waals surface area contributed by atoms with Crippen LogP contribution in [-0.2, 0) is 6.42 Å². The first-order valence-corrected chi connectivity index (χ1v) is 6.33. The van der Waals surface area contributed by atoms with Crippen LogP contribution in [0.3, 0.4) is 0 Å². The van der Waals surface area contributed by atoms with E-state index in [9.17, 15) is 4.79 Å². The predicted octanol–water partition coefficient (Wildman–Crippen LogP) is 1.05. The second-order valence-corrected chi connectivity index (χ2v) is 4.61. The van der Waals surface area contributed by atoms with Gasteiger partial charge in [-0.15, -0.1) is 10.2 Å². The lowest BCUT2D eigenvalue weighted by molar-refractivity contribution is 0.710. The van der Waals surface area contributed by atoms with E-state index >= 15 is 0 Å². The molecular weight excluding hydrogens is 236 g/mol. The standard InChI is InChI=1S/C11H14N4OS/c1-2-12-5-4-10-14-15-11(17-10)8-3-6-13-9(16)7-8/h3,6-7,12H,2,4-5H2,1H3,(H,13,16). The molecule has 6 heteroatoms. The van der Waals surface area contributed by atoms with Gasteiger partial charge in [-0.1, -0.05) is 18.3 Å². The van der Waals surface area contributed by atoms with Crippen molar-refractivity contribution in [3.05, 3.63) is 33.7 Å². The van der Waals surface area contributed by atoms with Crippen molar-refractivity contribution in [2.45, 2.75) is 13.3 Å². The number of aromatic nitrogens is 3. The van der Waals surface area contributed by atoms with Crippen LogP contribution in [-0.4, -0.2) is 28.3 Å². The normalized spacial score (nSPS) is 10.6. The van der Waals surface area contributed by atoms with Crippen molar-refractivity contribution in [1.29, 1.82) is 0 Å². The van der Waals surface area contributed by atoms with E-state index in [0.29, 0.717) is 0 Å². The van der Waals surface area contributed by atoms with Gasteiger partial charge in [0.25, 0.3) is 0 Å². The van der Waals surface area contributed by atoms with E-state index in [0.717, 1.165) is 35.1 Å². The van der Waals surface area contributed by atoms with Gasteiger partial charge in [0.2, 0.25) is 5.56 Å². The van der Waals surface area contributed by atoms with Gasteiger partial charge in [-0.05, 0) is 12.6 Å². The minimum Gasteiger partial charge on any atom is -0.329 e. The summed E-state index contributed by atoms with van der Waals surface area (Å²) in [7, 11) is 0. The van der Waals surface area contributed by atoms with Crippen molar-refractivity contribution >= 4 is 11.3 Å². The van der Waals surface area contributed by atoms with Crippen LogP contribution in [0, 0.1) is 0 Å². The predicted molar refractivity (Wildman–Crippen MR) is 68.2 cm³/mol. The summed E-state index contributed by atoms with van der Waals surface area (Å²) in [5.41, 5.74) is 0.702. The zero-order valence-electron chi connectivity index (χ0n) is 9.56. The largest absolute Gasteiger partial charge is 0.329 e. The average Bonchev–Trinajstić information content (AvgIpc) is 2.78. The number of pyridine rings is 1. The highest BCUT2D eigenvalue weighted by molar-refractivity contribution is 7.14. The number of hydrogen-bond donors (Lipinski definition) is 2. The second kappa shape index (κ2) is 5.70. The van der Waals surface area contributed by atoms with Crippen LogP contribution in [0.15, 0.2) is 23.1 Å². The Hall–Kier alpha value is -1.53. The first kappa shape index (κ1) is 11.9. The van der Waals surface area contributed by atoms with Crippen LogP contribution in [0.2, 0.25) is 0 Å². The van der Waals surface area contributed by atoms with E-state index in [1.54, 1.807) is 6.20 Å². The fourth-order valence-corrected chi connectivity index (χ4v) is 2.26. The van der Waals surface area contributed by atoms with Crippen molar-refractivity contribution in [2.75, 3.05) is 13.1 Å². The quantitative estimate of drug-likeness (QED) is 0.778. The Morgan fingerprint density at radius 1 is 1.47 bits per heavy atom. The van der Waals surface area contributed by atoms with E-state index in [1.807, 2.05) is 6.07 Å². The minimum atomic E-state index is -0.119. The zero-order valence-corrected chi connectivity index (χ0v) is 10.4. The molecule has 0 aliphatic rings. The van der Waals surface area contributed by atoms with E-state index < -0.39 is 0 Å². The molecule has 2 aromatic heterocycles. The third-order valence-corrected chi connectivity index (χ3v) is 3.29. The maximum absolute atomic E-state index is 11.2. The fraction of sp³-hybridized carbons (Fsp3) is 0.364. The number of nitrogens with one attached hydrogen (secondary N) is 2. The molecular formula is C11H14N4OS. The molecule has 0 unspecified atom stereocenters. The molecule has 0 saturated heterocycles. The molecule has 17 heavy (non-hydrogen) atoms. The Kier molecular flexibility index (Phi) is 4.00. The summed E-state index contributed by atoms with van der Waals surface area (Å²) in [5.74, 6) is 0. The molecule has 0 atom stereocenters. The van der Waals surface area contributed by atoms with Gasteiger partial charge in [0.1, 0.15) is 10.0 Å². The first-order valence-electron chi connectivity index (χ1n) is 5.52. The number of rotatable bonds is 5. The van der Waals surface area contributed by atoms with Gasteiger partial charge in [-0.2, -0.15) is 0 Å². The number of likely N-dealkylation sites (N-methyl/N-ethyl adjacent to an activating group) is 1. The van der Waals surface area contributed by atoms with E-state index in [4.69, 9.17) is 0 Å². The second-order valence-electron chi connectivity index (χ2n) is 3.55. The first-order chi connectivity index (χ1) is 8.29. The lowest BCUT2D eigenvalue weighted by Gasteiger charge is -1.96. The van der Waals surface area contributed by atoms with Gasteiger partial charge < -0.3 is 10.3 Å². The molecule has 2 aromatic rings. The molecule has 2 rings (SSSR count). The molecule has 2 N–H and O–H groups in total. The van der Waals surface area contributed by atoms with E-state index in [-0.39, 0.29) is 5.56 Å². The fourth-order valence-electron chi connectivity index (χ4n) is 1.42. The summed E-state index contributed by atoms with van der Waals surface area (Å²) < 4.78 is 0. The highest BCUT2D eigenvalue weighted by Crippen LogP contribution is 2.21. The van der Waals surface area contributed by atoms with Crippen molar-refractivity contribution in [1.82, 2.24) is 20.5 Å². The maximum atomic E-state index is 11.2. The SMILES string of the molecule is CCNCCc1nnc(-c2cc[nH]c(=O)c2)s1. The van der Waals surface area contributed by atoms with Crippen LogP contribution < -0.4 is 10.9 Å². The Morgan fingerprint density at radius 2 is 2.35 bits per heavy atom. The molecule has 0 fully saturated rings. The Labute approximate surface area is 103 Å². The molecule has 0 bridgehead atoms. The number of nitrogens with zero attached hydrogens (tertiary/aromatic N) is 2. The molecule has 0 amide bonds. The topological polar surface area (TPSA) is 70.7 Å².